The van der Waals surface area contributed by atoms with Crippen LogP contribution in [0.15, 0.2) is 4.99 Å². The zero-order valence-electron chi connectivity index (χ0n) is 7.09. The number of rotatable bonds is 3. The first-order valence-electron chi connectivity index (χ1n) is 3.38. The van der Waals surface area contributed by atoms with Gasteiger partial charge in [-0.2, -0.15) is 0 Å². The van der Waals surface area contributed by atoms with E-state index in [0.717, 1.165) is 0 Å². The van der Waals surface area contributed by atoms with Crippen molar-refractivity contribution in [2.45, 2.75) is 20.0 Å². The molecule has 0 aromatic heterocycles. The van der Waals surface area contributed by atoms with E-state index in [0.29, 0.717) is 11.8 Å². The molecule has 0 fully saturated rings. The smallest absolute Gasteiger partial charge is 0.123 e. The molecule has 0 aromatic rings. The molecule has 0 aromatic carbocycles. The van der Waals surface area contributed by atoms with Gasteiger partial charge in [-0.15, -0.1) is 0 Å². The van der Waals surface area contributed by atoms with Gasteiger partial charge in [-0.3, -0.25) is 4.99 Å². The van der Waals surface area contributed by atoms with Crippen LogP contribution in [0.3, 0.4) is 0 Å². The first-order valence-corrected chi connectivity index (χ1v) is 3.38. The van der Waals surface area contributed by atoms with Crippen LogP contribution in [0.25, 0.3) is 0 Å². The summed E-state index contributed by atoms with van der Waals surface area (Å²) in [6.07, 6.45) is -0.0370. The molecule has 2 N–H and O–H groups in total. The summed E-state index contributed by atoms with van der Waals surface area (Å²) in [4.78, 5) is 3.85. The Kier molecular flexibility index (Phi) is 4.03. The molecule has 0 radical (unpaired) electrons. The van der Waals surface area contributed by atoms with Gasteiger partial charge in [0.1, 0.15) is 11.9 Å². The van der Waals surface area contributed by atoms with E-state index < -0.39 is 0 Å². The van der Waals surface area contributed by atoms with E-state index >= 15 is 0 Å². The summed E-state index contributed by atoms with van der Waals surface area (Å²) in [6.45, 7) is 4.10. The summed E-state index contributed by atoms with van der Waals surface area (Å²) in [5, 5.41) is 0. The Balaban J connectivity index is 4.07. The third-order valence-corrected chi connectivity index (χ3v) is 1.41. The summed E-state index contributed by atoms with van der Waals surface area (Å²) >= 11 is 0. The van der Waals surface area contributed by atoms with Crippen molar-refractivity contribution < 1.29 is 4.74 Å². The summed E-state index contributed by atoms with van der Waals surface area (Å²) in [6, 6.07) is 0. The predicted molar refractivity (Wildman–Crippen MR) is 43.2 cm³/mol. The number of hydrogen-bond donors (Lipinski definition) is 1. The lowest BCUT2D eigenvalue weighted by Gasteiger charge is -2.17. The van der Waals surface area contributed by atoms with Crippen LogP contribution >= 0.6 is 0 Å². The molecule has 0 spiro atoms. The molecule has 60 valence electrons. The van der Waals surface area contributed by atoms with Crippen molar-refractivity contribution >= 4 is 5.84 Å². The third-order valence-electron chi connectivity index (χ3n) is 1.41. The Hall–Kier alpha value is -0.570. The molecule has 3 heteroatoms. The molecule has 0 heterocycles. The van der Waals surface area contributed by atoms with Gasteiger partial charge in [0.15, 0.2) is 0 Å². The van der Waals surface area contributed by atoms with Gasteiger partial charge in [-0.1, -0.05) is 13.8 Å². The second-order valence-corrected chi connectivity index (χ2v) is 2.55. The van der Waals surface area contributed by atoms with Crippen LogP contribution < -0.4 is 5.73 Å². The molecule has 0 saturated carbocycles. The number of hydrogen-bond acceptors (Lipinski definition) is 2. The van der Waals surface area contributed by atoms with Crippen molar-refractivity contribution in [1.29, 1.82) is 0 Å². The molecule has 0 amide bonds. The highest BCUT2D eigenvalue weighted by atomic mass is 16.5. The molecular weight excluding hydrogens is 128 g/mol. The van der Waals surface area contributed by atoms with Crippen molar-refractivity contribution in [3.8, 4) is 0 Å². The van der Waals surface area contributed by atoms with E-state index in [1.807, 2.05) is 13.8 Å². The van der Waals surface area contributed by atoms with E-state index in [-0.39, 0.29) is 6.10 Å². The minimum absolute atomic E-state index is 0.0370. The summed E-state index contributed by atoms with van der Waals surface area (Å²) in [5.74, 6) is 0.950. The molecule has 0 bridgehead atoms. The van der Waals surface area contributed by atoms with Crippen molar-refractivity contribution in [1.82, 2.24) is 0 Å². The number of aliphatic imine (C=N–C) groups is 1. The Bertz CT molecular complexity index is 121. The van der Waals surface area contributed by atoms with Crippen molar-refractivity contribution in [3.63, 3.8) is 0 Å². The zero-order chi connectivity index (χ0) is 8.15. The predicted octanol–water partition coefficient (Wildman–Crippen LogP) is 0.644. The Labute approximate surface area is 62.3 Å². The van der Waals surface area contributed by atoms with Crippen LogP contribution in [-0.4, -0.2) is 26.1 Å². The van der Waals surface area contributed by atoms with Gasteiger partial charge in [0, 0.05) is 14.2 Å². The van der Waals surface area contributed by atoms with Crippen LogP contribution in [0.1, 0.15) is 13.8 Å². The lowest BCUT2D eigenvalue weighted by Crippen LogP contribution is -2.34. The lowest BCUT2D eigenvalue weighted by atomic mass is 10.1. The van der Waals surface area contributed by atoms with Crippen LogP contribution in [0, 0.1) is 5.92 Å². The first kappa shape index (κ1) is 9.43. The molecule has 1 atom stereocenters. The largest absolute Gasteiger partial charge is 0.385 e. The molecule has 1 unspecified atom stereocenters. The number of amidine groups is 1. The topological polar surface area (TPSA) is 47.6 Å². The lowest BCUT2D eigenvalue weighted by molar-refractivity contribution is 0.117. The fourth-order valence-electron chi connectivity index (χ4n) is 0.862. The fraction of sp³-hybridized carbons (Fsp3) is 0.857. The minimum atomic E-state index is -0.0370. The van der Waals surface area contributed by atoms with Gasteiger partial charge < -0.3 is 10.5 Å². The molecule has 0 saturated heterocycles. The maximum atomic E-state index is 5.55. The third kappa shape index (κ3) is 2.35. The minimum Gasteiger partial charge on any atom is -0.385 e. The van der Waals surface area contributed by atoms with E-state index in [1.165, 1.54) is 0 Å². The molecule has 10 heavy (non-hydrogen) atoms. The van der Waals surface area contributed by atoms with Gasteiger partial charge in [0.25, 0.3) is 0 Å². The average molecular weight is 144 g/mol. The van der Waals surface area contributed by atoms with Gasteiger partial charge in [0.05, 0.1) is 0 Å². The first-order chi connectivity index (χ1) is 4.63. The quantitative estimate of drug-likeness (QED) is 0.467. The number of nitrogens with two attached hydrogens (primary N) is 1. The van der Waals surface area contributed by atoms with Gasteiger partial charge in [0.2, 0.25) is 0 Å². The number of nitrogens with zero attached hydrogens (tertiary/aromatic N) is 1. The van der Waals surface area contributed by atoms with E-state index in [4.69, 9.17) is 10.5 Å². The normalized spacial score (nSPS) is 15.9. The summed E-state index contributed by atoms with van der Waals surface area (Å²) in [5.41, 5.74) is 5.55. The Morgan fingerprint density at radius 1 is 1.50 bits per heavy atom. The highest BCUT2D eigenvalue weighted by Crippen LogP contribution is 2.04. The fourth-order valence-corrected chi connectivity index (χ4v) is 0.862. The zero-order valence-corrected chi connectivity index (χ0v) is 7.09. The molecular formula is C7H16N2O. The molecule has 0 rings (SSSR count). The maximum absolute atomic E-state index is 5.55. The molecule has 0 aliphatic carbocycles. The molecule has 0 aliphatic rings. The van der Waals surface area contributed by atoms with Crippen molar-refractivity contribution in [2.75, 3.05) is 14.2 Å². The van der Waals surface area contributed by atoms with Gasteiger partial charge >= 0.3 is 0 Å². The van der Waals surface area contributed by atoms with Crippen LogP contribution in [-0.2, 0) is 4.74 Å². The summed E-state index contributed by atoms with van der Waals surface area (Å²) < 4.78 is 5.11. The SMILES string of the molecule is CN=C(N)C(OC)C(C)C. The number of methoxy groups -OCH3 is 1. The molecule has 3 nitrogen and oxygen atoms in total. The monoisotopic (exact) mass is 144 g/mol. The second-order valence-electron chi connectivity index (χ2n) is 2.55. The standard InChI is InChI=1S/C7H16N2O/c1-5(2)6(10-4)7(8)9-3/h5-6H,1-4H3,(H2,8,9). The highest BCUT2D eigenvalue weighted by molar-refractivity contribution is 5.84. The van der Waals surface area contributed by atoms with Gasteiger partial charge in [-0.25, -0.2) is 0 Å². The average Bonchev–Trinajstić information content (AvgIpc) is 1.88. The van der Waals surface area contributed by atoms with E-state index in [1.54, 1.807) is 14.2 Å². The van der Waals surface area contributed by atoms with Crippen molar-refractivity contribution in [2.24, 2.45) is 16.6 Å². The van der Waals surface area contributed by atoms with E-state index in [2.05, 4.69) is 4.99 Å². The Morgan fingerprint density at radius 3 is 2.10 bits per heavy atom. The number of ether oxygens (including phenoxy) is 1. The maximum Gasteiger partial charge on any atom is 0.123 e. The van der Waals surface area contributed by atoms with E-state index in [9.17, 15) is 0 Å². The summed E-state index contributed by atoms with van der Waals surface area (Å²) in [7, 11) is 3.31. The Morgan fingerprint density at radius 2 is 2.00 bits per heavy atom. The van der Waals surface area contributed by atoms with Crippen LogP contribution in [0.5, 0.6) is 0 Å². The second kappa shape index (κ2) is 4.28. The van der Waals surface area contributed by atoms with Gasteiger partial charge in [-0.05, 0) is 5.92 Å². The molecule has 0 aliphatic heterocycles. The van der Waals surface area contributed by atoms with Crippen molar-refractivity contribution in [3.05, 3.63) is 0 Å². The van der Waals surface area contributed by atoms with Crippen LogP contribution in [0.4, 0.5) is 0 Å². The van der Waals surface area contributed by atoms with Crippen LogP contribution in [0.2, 0.25) is 0 Å². The highest BCUT2D eigenvalue weighted by Gasteiger charge is 2.15.